The molecule has 0 radical (unpaired) electrons. The number of halogens is 1. The van der Waals surface area contributed by atoms with Crippen molar-refractivity contribution in [2.45, 2.75) is 18.9 Å². The highest BCUT2D eigenvalue weighted by Gasteiger charge is 2.43. The molecule has 6 nitrogen and oxygen atoms in total. The lowest BCUT2D eigenvalue weighted by Crippen LogP contribution is -2.48. The van der Waals surface area contributed by atoms with Crippen LogP contribution in [0.1, 0.15) is 23.2 Å². The summed E-state index contributed by atoms with van der Waals surface area (Å²) in [6, 6.07) is 2.48. The Labute approximate surface area is 131 Å². The lowest BCUT2D eigenvalue weighted by molar-refractivity contribution is -0.123. The number of aromatic nitrogens is 2. The number of carbonyl (C=O) groups is 2. The molecule has 2 fully saturated rings. The quantitative estimate of drug-likeness (QED) is 0.856. The second-order valence-corrected chi connectivity index (χ2v) is 5.94. The zero-order chi connectivity index (χ0) is 16.0. The number of amides is 2. The number of nitrogens with one attached hydrogen (secondary N) is 1. The van der Waals surface area contributed by atoms with Crippen LogP contribution in [-0.2, 0) is 4.79 Å². The van der Waals surface area contributed by atoms with Crippen LogP contribution in [0.3, 0.4) is 0 Å². The zero-order valence-corrected chi connectivity index (χ0v) is 12.3. The van der Waals surface area contributed by atoms with Gasteiger partial charge < -0.3 is 10.2 Å². The number of hydrogen-bond donors (Lipinski definition) is 1. The van der Waals surface area contributed by atoms with Crippen LogP contribution >= 0.6 is 0 Å². The van der Waals surface area contributed by atoms with Crippen LogP contribution in [0.4, 0.5) is 4.39 Å². The van der Waals surface area contributed by atoms with Crippen LogP contribution in [0.15, 0.2) is 24.5 Å². The maximum Gasteiger partial charge on any atom is 0.257 e. The first kappa shape index (κ1) is 14.0. The van der Waals surface area contributed by atoms with E-state index in [0.29, 0.717) is 24.1 Å². The van der Waals surface area contributed by atoms with Crippen LogP contribution in [0, 0.1) is 11.7 Å². The summed E-state index contributed by atoms with van der Waals surface area (Å²) < 4.78 is 14.3. The molecule has 7 heteroatoms. The second-order valence-electron chi connectivity index (χ2n) is 5.94. The highest BCUT2D eigenvalue weighted by atomic mass is 19.1. The number of likely N-dealkylation sites (tertiary alicyclic amines) is 1. The van der Waals surface area contributed by atoms with E-state index in [1.54, 1.807) is 4.90 Å². The van der Waals surface area contributed by atoms with Gasteiger partial charge in [-0.2, -0.15) is 0 Å². The van der Waals surface area contributed by atoms with Crippen molar-refractivity contribution in [3.05, 3.63) is 35.9 Å². The van der Waals surface area contributed by atoms with Gasteiger partial charge in [-0.15, -0.1) is 0 Å². The summed E-state index contributed by atoms with van der Waals surface area (Å²) in [6.07, 6.45) is 4.50. The number of hydrogen-bond acceptors (Lipinski definition) is 4. The molecule has 4 rings (SSSR count). The maximum absolute atomic E-state index is 14.3. The van der Waals surface area contributed by atoms with Gasteiger partial charge >= 0.3 is 0 Å². The van der Waals surface area contributed by atoms with Crippen LogP contribution in [0.2, 0.25) is 0 Å². The van der Waals surface area contributed by atoms with Gasteiger partial charge in [-0.1, -0.05) is 0 Å². The van der Waals surface area contributed by atoms with Crippen LogP contribution in [0.25, 0.3) is 11.0 Å². The van der Waals surface area contributed by atoms with Gasteiger partial charge in [-0.3, -0.25) is 19.6 Å². The lowest BCUT2D eigenvalue weighted by Gasteiger charge is -2.36. The molecule has 2 aliphatic heterocycles. The van der Waals surface area contributed by atoms with Gasteiger partial charge in [0.25, 0.3) is 5.91 Å². The average molecular weight is 314 g/mol. The molecular weight excluding hydrogens is 299 g/mol. The molecule has 3 heterocycles. The maximum atomic E-state index is 14.3. The average Bonchev–Trinajstić information content (AvgIpc) is 2.95. The molecule has 118 valence electrons. The van der Waals surface area contributed by atoms with E-state index in [1.165, 1.54) is 24.5 Å². The Hall–Kier alpha value is -2.57. The van der Waals surface area contributed by atoms with E-state index in [9.17, 15) is 14.0 Å². The van der Waals surface area contributed by atoms with Gasteiger partial charge in [0.15, 0.2) is 0 Å². The summed E-state index contributed by atoms with van der Waals surface area (Å²) in [5.74, 6) is -1.20. The summed E-state index contributed by atoms with van der Waals surface area (Å²) in [4.78, 5) is 34.4. The van der Waals surface area contributed by atoms with Crippen LogP contribution < -0.4 is 5.32 Å². The third kappa shape index (κ3) is 2.23. The van der Waals surface area contributed by atoms with Crippen molar-refractivity contribution in [2.24, 2.45) is 5.92 Å². The molecule has 2 aliphatic rings. The van der Waals surface area contributed by atoms with Crippen LogP contribution in [-0.4, -0.2) is 45.8 Å². The number of piperidine rings is 1. The van der Waals surface area contributed by atoms with Crippen LogP contribution in [0.5, 0.6) is 0 Å². The van der Waals surface area contributed by atoms with Crippen molar-refractivity contribution in [3.8, 4) is 0 Å². The van der Waals surface area contributed by atoms with E-state index in [-0.39, 0.29) is 29.3 Å². The third-order valence-corrected chi connectivity index (χ3v) is 4.65. The van der Waals surface area contributed by atoms with Crippen molar-refractivity contribution < 1.29 is 14.0 Å². The first-order valence-corrected chi connectivity index (χ1v) is 7.64. The minimum absolute atomic E-state index is 0.0157. The third-order valence-electron chi connectivity index (χ3n) is 4.65. The molecule has 0 aliphatic carbocycles. The molecule has 2 aromatic rings. The topological polar surface area (TPSA) is 75.2 Å². The summed E-state index contributed by atoms with van der Waals surface area (Å²) >= 11 is 0. The molecule has 0 unspecified atom stereocenters. The Kier molecular flexibility index (Phi) is 3.21. The van der Waals surface area contributed by atoms with Crippen molar-refractivity contribution in [1.29, 1.82) is 0 Å². The molecule has 2 atom stereocenters. The zero-order valence-electron chi connectivity index (χ0n) is 12.3. The van der Waals surface area contributed by atoms with Crippen molar-refractivity contribution in [2.75, 3.05) is 13.1 Å². The van der Waals surface area contributed by atoms with Crippen molar-refractivity contribution >= 4 is 22.8 Å². The Balaban J connectivity index is 1.71. The summed E-state index contributed by atoms with van der Waals surface area (Å²) in [7, 11) is 0. The summed E-state index contributed by atoms with van der Waals surface area (Å²) in [5, 5.41) is 2.79. The molecule has 2 saturated heterocycles. The second kappa shape index (κ2) is 5.26. The van der Waals surface area contributed by atoms with Gasteiger partial charge in [0, 0.05) is 31.5 Å². The number of carbonyl (C=O) groups excluding carboxylic acids is 2. The molecule has 1 aromatic carbocycles. The predicted octanol–water partition coefficient (Wildman–Crippen LogP) is 1.12. The first-order chi connectivity index (χ1) is 11.1. The van der Waals surface area contributed by atoms with E-state index in [4.69, 9.17) is 0 Å². The van der Waals surface area contributed by atoms with Gasteiger partial charge in [0.1, 0.15) is 5.82 Å². The largest absolute Gasteiger partial charge is 0.354 e. The molecule has 0 spiro atoms. The fourth-order valence-corrected chi connectivity index (χ4v) is 3.51. The monoisotopic (exact) mass is 314 g/mol. The van der Waals surface area contributed by atoms with Crippen molar-refractivity contribution in [3.63, 3.8) is 0 Å². The van der Waals surface area contributed by atoms with E-state index in [2.05, 4.69) is 15.3 Å². The van der Waals surface area contributed by atoms with Gasteiger partial charge in [-0.05, 0) is 18.9 Å². The smallest absolute Gasteiger partial charge is 0.257 e. The normalized spacial score (nSPS) is 23.7. The number of benzene rings is 1. The SMILES string of the molecule is O=C1NC[C@@H]2[C@H]1CCCN2C(=O)c1cc2nccnc2cc1F. The Morgan fingerprint density at radius 1 is 1.26 bits per heavy atom. The van der Waals surface area contributed by atoms with E-state index >= 15 is 0 Å². The van der Waals surface area contributed by atoms with E-state index < -0.39 is 5.82 Å². The molecule has 23 heavy (non-hydrogen) atoms. The lowest BCUT2D eigenvalue weighted by atomic mass is 9.91. The highest BCUT2D eigenvalue weighted by molar-refractivity contribution is 5.98. The Morgan fingerprint density at radius 2 is 2.00 bits per heavy atom. The van der Waals surface area contributed by atoms with Gasteiger partial charge in [-0.25, -0.2) is 4.39 Å². The molecular formula is C16H15FN4O2. The number of fused-ring (bicyclic) bond motifs is 2. The van der Waals surface area contributed by atoms with Crippen molar-refractivity contribution in [1.82, 2.24) is 20.2 Å². The van der Waals surface area contributed by atoms with Gasteiger partial charge in [0.2, 0.25) is 5.91 Å². The standard InChI is InChI=1S/C16H15FN4O2/c17-11-7-13-12(18-3-4-19-13)6-10(11)16(23)21-5-1-2-9-14(21)8-20-15(9)22/h3-4,6-7,9,14H,1-2,5,8H2,(H,20,22)/t9-,14-/m1/s1. The number of rotatable bonds is 1. The molecule has 1 aromatic heterocycles. The Bertz CT molecular complexity index is 810. The predicted molar refractivity (Wildman–Crippen MR) is 80.1 cm³/mol. The fraction of sp³-hybridized carbons (Fsp3) is 0.375. The summed E-state index contributed by atoms with van der Waals surface area (Å²) in [6.45, 7) is 0.969. The fourth-order valence-electron chi connectivity index (χ4n) is 3.51. The Morgan fingerprint density at radius 3 is 2.78 bits per heavy atom. The molecule has 0 saturated carbocycles. The minimum Gasteiger partial charge on any atom is -0.354 e. The molecule has 0 bridgehead atoms. The summed E-state index contributed by atoms with van der Waals surface area (Å²) in [5.41, 5.74) is 0.875. The van der Waals surface area contributed by atoms with Gasteiger partial charge in [0.05, 0.1) is 28.6 Å². The first-order valence-electron chi connectivity index (χ1n) is 7.64. The highest BCUT2D eigenvalue weighted by Crippen LogP contribution is 2.29. The van der Waals surface area contributed by atoms with E-state index in [0.717, 1.165) is 12.8 Å². The molecule has 1 N–H and O–H groups in total. The number of nitrogens with zero attached hydrogens (tertiary/aromatic N) is 3. The van der Waals surface area contributed by atoms with E-state index in [1.807, 2.05) is 0 Å². The molecule has 2 amide bonds. The minimum atomic E-state index is -0.609.